The Kier molecular flexibility index (Phi) is 4.81. The lowest BCUT2D eigenvalue weighted by Crippen LogP contribution is -2.32. The Bertz CT molecular complexity index is 201. The molecule has 3 N–H and O–H groups in total. The summed E-state index contributed by atoms with van der Waals surface area (Å²) < 4.78 is 0. The molecule has 0 saturated heterocycles. The van der Waals surface area contributed by atoms with E-state index in [9.17, 15) is 0 Å². The molecule has 1 fully saturated rings. The van der Waals surface area contributed by atoms with Crippen LogP contribution in [-0.2, 0) is 0 Å². The van der Waals surface area contributed by atoms with Gasteiger partial charge in [0.05, 0.1) is 0 Å². The van der Waals surface area contributed by atoms with Gasteiger partial charge in [-0.2, -0.15) is 0 Å². The van der Waals surface area contributed by atoms with Crippen molar-refractivity contribution < 1.29 is 0 Å². The molecule has 0 aromatic carbocycles. The highest BCUT2D eigenvalue weighted by Crippen LogP contribution is 2.47. The first-order chi connectivity index (χ1) is 7.37. The summed E-state index contributed by atoms with van der Waals surface area (Å²) >= 11 is 0. The van der Waals surface area contributed by atoms with Gasteiger partial charge in [0.1, 0.15) is 0 Å². The predicted molar refractivity (Wildman–Crippen MR) is 71.5 cm³/mol. The highest BCUT2D eigenvalue weighted by Gasteiger charge is 2.39. The number of nitrogens with two attached hydrogens (primary N) is 1. The molecule has 16 heavy (non-hydrogen) atoms. The lowest BCUT2D eigenvalue weighted by molar-refractivity contribution is 0.326. The van der Waals surface area contributed by atoms with Crippen molar-refractivity contribution in [3.8, 4) is 0 Å². The van der Waals surface area contributed by atoms with Gasteiger partial charge in [-0.05, 0) is 49.5 Å². The highest BCUT2D eigenvalue weighted by molar-refractivity contribution is 4.93. The molecule has 1 aliphatic carbocycles. The van der Waals surface area contributed by atoms with Crippen LogP contribution in [0.2, 0.25) is 0 Å². The van der Waals surface area contributed by atoms with Crippen LogP contribution in [-0.4, -0.2) is 19.1 Å². The maximum Gasteiger partial charge on any atom is 0.00558 e. The second kappa shape index (κ2) is 5.50. The fourth-order valence-electron chi connectivity index (χ4n) is 2.36. The molecule has 0 aliphatic heterocycles. The Hall–Kier alpha value is -0.0800. The van der Waals surface area contributed by atoms with Crippen molar-refractivity contribution in [1.29, 1.82) is 0 Å². The molecule has 0 radical (unpaired) electrons. The summed E-state index contributed by atoms with van der Waals surface area (Å²) in [5.74, 6) is 0. The monoisotopic (exact) mass is 226 g/mol. The molecule has 1 aliphatic rings. The maximum absolute atomic E-state index is 6.12. The topological polar surface area (TPSA) is 38.0 Å². The van der Waals surface area contributed by atoms with Crippen LogP contribution in [0.15, 0.2) is 0 Å². The lowest BCUT2D eigenvalue weighted by atomic mass is 9.87. The van der Waals surface area contributed by atoms with Crippen LogP contribution in [0.25, 0.3) is 0 Å². The average Bonchev–Trinajstić information content (AvgIpc) is 2.90. The van der Waals surface area contributed by atoms with Crippen LogP contribution in [0.5, 0.6) is 0 Å². The lowest BCUT2D eigenvalue weighted by Gasteiger charge is -2.23. The van der Waals surface area contributed by atoms with Gasteiger partial charge in [-0.25, -0.2) is 0 Å². The van der Waals surface area contributed by atoms with Crippen LogP contribution in [0, 0.1) is 10.8 Å². The molecular weight excluding hydrogens is 196 g/mol. The molecular formula is C14H30N2. The van der Waals surface area contributed by atoms with Gasteiger partial charge in [0.25, 0.3) is 0 Å². The standard InChI is InChI=1S/C14H30N2/c1-5-14(7-8-14)11-16-9-6-12(15)10-13(2,3)4/h12,16H,5-11,15H2,1-4H3. The van der Waals surface area contributed by atoms with E-state index < -0.39 is 0 Å². The van der Waals surface area contributed by atoms with Crippen molar-refractivity contribution in [2.24, 2.45) is 16.6 Å². The first kappa shape index (κ1) is 14.0. The maximum atomic E-state index is 6.12. The van der Waals surface area contributed by atoms with Gasteiger partial charge in [-0.1, -0.05) is 27.7 Å². The molecule has 1 saturated carbocycles. The van der Waals surface area contributed by atoms with Crippen molar-refractivity contribution in [2.45, 2.75) is 65.8 Å². The Morgan fingerprint density at radius 1 is 1.31 bits per heavy atom. The Labute approximate surface area is 101 Å². The van der Waals surface area contributed by atoms with Gasteiger partial charge in [0, 0.05) is 12.6 Å². The van der Waals surface area contributed by atoms with Crippen LogP contribution in [0.1, 0.15) is 59.8 Å². The van der Waals surface area contributed by atoms with Crippen molar-refractivity contribution in [1.82, 2.24) is 5.32 Å². The molecule has 96 valence electrons. The summed E-state index contributed by atoms with van der Waals surface area (Å²) in [4.78, 5) is 0. The molecule has 2 heteroatoms. The summed E-state index contributed by atoms with van der Waals surface area (Å²) in [6.45, 7) is 11.4. The van der Waals surface area contributed by atoms with Crippen LogP contribution in [0.3, 0.4) is 0 Å². The van der Waals surface area contributed by atoms with Gasteiger partial charge < -0.3 is 11.1 Å². The summed E-state index contributed by atoms with van der Waals surface area (Å²) in [7, 11) is 0. The molecule has 2 nitrogen and oxygen atoms in total. The quantitative estimate of drug-likeness (QED) is 0.655. The largest absolute Gasteiger partial charge is 0.328 e. The van der Waals surface area contributed by atoms with Gasteiger partial charge in [0.15, 0.2) is 0 Å². The molecule has 0 aromatic heterocycles. The van der Waals surface area contributed by atoms with Crippen LogP contribution < -0.4 is 11.1 Å². The van der Waals surface area contributed by atoms with E-state index in [0.717, 1.165) is 19.4 Å². The molecule has 0 aromatic rings. The van der Waals surface area contributed by atoms with Crippen molar-refractivity contribution in [3.05, 3.63) is 0 Å². The van der Waals surface area contributed by atoms with Crippen molar-refractivity contribution in [2.75, 3.05) is 13.1 Å². The van der Waals surface area contributed by atoms with Crippen LogP contribution in [0.4, 0.5) is 0 Å². The third-order valence-corrected chi connectivity index (χ3v) is 3.77. The third-order valence-electron chi connectivity index (χ3n) is 3.77. The summed E-state index contributed by atoms with van der Waals surface area (Å²) in [6.07, 6.45) is 6.40. The number of hydrogen-bond acceptors (Lipinski definition) is 2. The minimum atomic E-state index is 0.351. The van der Waals surface area contributed by atoms with E-state index in [4.69, 9.17) is 5.73 Å². The molecule has 0 bridgehead atoms. The van der Waals surface area contributed by atoms with Gasteiger partial charge in [0.2, 0.25) is 0 Å². The first-order valence-corrected chi connectivity index (χ1v) is 6.83. The smallest absolute Gasteiger partial charge is 0.00558 e. The summed E-state index contributed by atoms with van der Waals surface area (Å²) in [6, 6.07) is 0.351. The van der Waals surface area contributed by atoms with E-state index in [-0.39, 0.29) is 0 Å². The van der Waals surface area contributed by atoms with E-state index in [1.54, 1.807) is 0 Å². The van der Waals surface area contributed by atoms with Crippen LogP contribution >= 0.6 is 0 Å². The second-order valence-electron chi connectivity index (χ2n) is 6.84. The Morgan fingerprint density at radius 3 is 2.38 bits per heavy atom. The Balaban J connectivity index is 2.02. The van der Waals surface area contributed by atoms with E-state index >= 15 is 0 Å². The zero-order valence-corrected chi connectivity index (χ0v) is 11.6. The normalized spacial score (nSPS) is 20.8. The number of nitrogens with one attached hydrogen (secondary N) is 1. The van der Waals surface area contributed by atoms with E-state index in [1.165, 1.54) is 25.8 Å². The highest BCUT2D eigenvalue weighted by atomic mass is 14.9. The van der Waals surface area contributed by atoms with Gasteiger partial charge in [-0.15, -0.1) is 0 Å². The average molecular weight is 226 g/mol. The number of rotatable bonds is 7. The molecule has 0 spiro atoms. The molecule has 1 rings (SSSR count). The van der Waals surface area contributed by atoms with E-state index in [1.807, 2.05) is 0 Å². The van der Waals surface area contributed by atoms with Gasteiger partial charge >= 0.3 is 0 Å². The fourth-order valence-corrected chi connectivity index (χ4v) is 2.36. The van der Waals surface area contributed by atoms with E-state index in [0.29, 0.717) is 16.9 Å². The number of hydrogen-bond donors (Lipinski definition) is 2. The van der Waals surface area contributed by atoms with Gasteiger partial charge in [-0.3, -0.25) is 0 Å². The molecule has 0 heterocycles. The zero-order valence-electron chi connectivity index (χ0n) is 11.6. The first-order valence-electron chi connectivity index (χ1n) is 6.83. The minimum absolute atomic E-state index is 0.351. The van der Waals surface area contributed by atoms with Crippen molar-refractivity contribution >= 4 is 0 Å². The summed E-state index contributed by atoms with van der Waals surface area (Å²) in [5.41, 5.74) is 7.14. The van der Waals surface area contributed by atoms with Crippen molar-refractivity contribution in [3.63, 3.8) is 0 Å². The second-order valence-corrected chi connectivity index (χ2v) is 6.84. The molecule has 1 unspecified atom stereocenters. The zero-order chi connectivity index (χ0) is 12.2. The Morgan fingerprint density at radius 2 is 1.94 bits per heavy atom. The third kappa shape index (κ3) is 5.31. The molecule has 1 atom stereocenters. The summed E-state index contributed by atoms with van der Waals surface area (Å²) in [5, 5.41) is 3.58. The SMILES string of the molecule is CCC1(CNCCC(N)CC(C)(C)C)CC1. The fraction of sp³-hybridized carbons (Fsp3) is 1.00. The predicted octanol–water partition coefficient (Wildman–Crippen LogP) is 2.92. The molecule has 0 amide bonds. The minimum Gasteiger partial charge on any atom is -0.328 e. The van der Waals surface area contributed by atoms with E-state index in [2.05, 4.69) is 33.0 Å².